The van der Waals surface area contributed by atoms with Gasteiger partial charge in [0.1, 0.15) is 5.82 Å². The molecule has 3 N–H and O–H groups in total. The first-order chi connectivity index (χ1) is 9.28. The summed E-state index contributed by atoms with van der Waals surface area (Å²) in [5, 5.41) is 0. The van der Waals surface area contributed by atoms with E-state index in [1.165, 1.54) is 16.4 Å². The molecule has 1 aromatic rings. The lowest BCUT2D eigenvalue weighted by molar-refractivity contribution is -0.0439. The van der Waals surface area contributed by atoms with Gasteiger partial charge in [-0.1, -0.05) is 0 Å². The summed E-state index contributed by atoms with van der Waals surface area (Å²) in [4.78, 5) is 0. The summed E-state index contributed by atoms with van der Waals surface area (Å²) in [7, 11) is -3.71. The Morgan fingerprint density at radius 2 is 1.95 bits per heavy atom. The number of halogens is 1. The first-order valence-corrected chi connectivity index (χ1v) is 7.70. The molecule has 0 aliphatic carbocycles. The van der Waals surface area contributed by atoms with Gasteiger partial charge in [0.15, 0.2) is 0 Å². The topological polar surface area (TPSA) is 84.7 Å². The van der Waals surface area contributed by atoms with Gasteiger partial charge in [0.25, 0.3) is 0 Å². The van der Waals surface area contributed by atoms with Crippen LogP contribution in [0.4, 0.5) is 15.8 Å². The van der Waals surface area contributed by atoms with Crippen LogP contribution in [0.15, 0.2) is 18.2 Å². The van der Waals surface area contributed by atoms with E-state index in [0.29, 0.717) is 0 Å². The van der Waals surface area contributed by atoms with E-state index >= 15 is 0 Å². The molecular formula is C12H18FN3O3S. The second-order valence-corrected chi connectivity index (χ2v) is 6.59. The third kappa shape index (κ3) is 3.38. The Bertz CT molecular complexity index is 584. The Morgan fingerprint density at radius 3 is 2.50 bits per heavy atom. The Morgan fingerprint density at radius 1 is 1.35 bits per heavy atom. The van der Waals surface area contributed by atoms with E-state index in [2.05, 4.69) is 4.72 Å². The number of benzene rings is 1. The highest BCUT2D eigenvalue weighted by Gasteiger charge is 2.31. The van der Waals surface area contributed by atoms with Crippen molar-refractivity contribution in [2.45, 2.75) is 26.1 Å². The average Bonchev–Trinajstić information content (AvgIpc) is 2.32. The van der Waals surface area contributed by atoms with Gasteiger partial charge >= 0.3 is 10.2 Å². The number of nitrogens with two attached hydrogens (primary N) is 1. The van der Waals surface area contributed by atoms with E-state index in [9.17, 15) is 12.8 Å². The van der Waals surface area contributed by atoms with Gasteiger partial charge < -0.3 is 10.5 Å². The van der Waals surface area contributed by atoms with Gasteiger partial charge in [0.05, 0.1) is 23.6 Å². The molecule has 112 valence electrons. The molecule has 8 heteroatoms. The predicted octanol–water partition coefficient (Wildman–Crippen LogP) is 1.17. The smallest absolute Gasteiger partial charge is 0.301 e. The van der Waals surface area contributed by atoms with Crippen LogP contribution in [0.1, 0.15) is 13.8 Å². The minimum absolute atomic E-state index is 0.103. The first-order valence-electron chi connectivity index (χ1n) is 6.26. The fourth-order valence-electron chi connectivity index (χ4n) is 2.15. The molecule has 2 atom stereocenters. The van der Waals surface area contributed by atoms with Crippen LogP contribution in [-0.2, 0) is 14.9 Å². The van der Waals surface area contributed by atoms with Gasteiger partial charge in [-0.25, -0.2) is 4.39 Å². The molecule has 1 heterocycles. The van der Waals surface area contributed by atoms with Crippen LogP contribution in [0, 0.1) is 5.82 Å². The molecule has 2 rings (SSSR count). The lowest BCUT2D eigenvalue weighted by Gasteiger charge is -2.34. The van der Waals surface area contributed by atoms with Crippen LogP contribution in [0.3, 0.4) is 0 Å². The fraction of sp³-hybridized carbons (Fsp3) is 0.500. The lowest BCUT2D eigenvalue weighted by atomic mass is 10.3. The Hall–Kier alpha value is -1.38. The van der Waals surface area contributed by atoms with Crippen molar-refractivity contribution in [1.29, 1.82) is 0 Å². The van der Waals surface area contributed by atoms with Gasteiger partial charge in [0.2, 0.25) is 0 Å². The maximum atomic E-state index is 13.1. The molecule has 20 heavy (non-hydrogen) atoms. The number of hydrogen-bond acceptors (Lipinski definition) is 4. The number of rotatable bonds is 3. The third-order valence-corrected chi connectivity index (χ3v) is 4.44. The number of ether oxygens (including phenoxy) is 1. The van der Waals surface area contributed by atoms with Crippen molar-refractivity contribution in [2.24, 2.45) is 0 Å². The van der Waals surface area contributed by atoms with Gasteiger partial charge in [-0.2, -0.15) is 12.7 Å². The zero-order chi connectivity index (χ0) is 14.9. The van der Waals surface area contributed by atoms with Gasteiger partial charge in [-0.15, -0.1) is 0 Å². The molecule has 1 aliphatic rings. The SMILES string of the molecule is CC1CN(S(=O)(=O)Nc2ccc(F)c(N)c2)CC(C)O1. The summed E-state index contributed by atoms with van der Waals surface area (Å²) in [5.74, 6) is -0.582. The second-order valence-electron chi connectivity index (χ2n) is 4.92. The molecule has 6 nitrogen and oxygen atoms in total. The van der Waals surface area contributed by atoms with Gasteiger partial charge in [-0.05, 0) is 32.0 Å². The molecule has 1 fully saturated rings. The zero-order valence-corrected chi connectivity index (χ0v) is 12.2. The molecule has 1 aliphatic heterocycles. The number of morpholine rings is 1. The Labute approximate surface area is 117 Å². The minimum atomic E-state index is -3.71. The molecular weight excluding hydrogens is 285 g/mol. The highest BCUT2D eigenvalue weighted by molar-refractivity contribution is 7.90. The number of nitrogens with zero attached hydrogens (tertiary/aromatic N) is 1. The van der Waals surface area contributed by atoms with E-state index in [1.807, 2.05) is 13.8 Å². The number of nitrogens with one attached hydrogen (secondary N) is 1. The van der Waals surface area contributed by atoms with Crippen LogP contribution in [0.25, 0.3) is 0 Å². The van der Waals surface area contributed by atoms with Crippen molar-refractivity contribution < 1.29 is 17.5 Å². The van der Waals surface area contributed by atoms with E-state index in [0.717, 1.165) is 6.07 Å². The van der Waals surface area contributed by atoms with Crippen molar-refractivity contribution in [3.8, 4) is 0 Å². The maximum absolute atomic E-state index is 13.1. The number of anilines is 2. The zero-order valence-electron chi connectivity index (χ0n) is 11.3. The Balaban J connectivity index is 2.16. The molecule has 0 amide bonds. The van der Waals surface area contributed by atoms with Crippen molar-refractivity contribution >= 4 is 21.6 Å². The monoisotopic (exact) mass is 303 g/mol. The van der Waals surface area contributed by atoms with E-state index < -0.39 is 16.0 Å². The molecule has 2 unspecified atom stereocenters. The molecule has 0 saturated carbocycles. The number of nitrogen functional groups attached to an aromatic ring is 1. The van der Waals surface area contributed by atoms with Crippen molar-refractivity contribution in [3.63, 3.8) is 0 Å². The summed E-state index contributed by atoms with van der Waals surface area (Å²) >= 11 is 0. The maximum Gasteiger partial charge on any atom is 0.301 e. The summed E-state index contributed by atoms with van der Waals surface area (Å²) in [6, 6.07) is 3.70. The summed E-state index contributed by atoms with van der Waals surface area (Å²) in [5.41, 5.74) is 5.55. The van der Waals surface area contributed by atoms with Gasteiger partial charge in [-0.3, -0.25) is 4.72 Å². The third-order valence-electron chi connectivity index (χ3n) is 2.97. The van der Waals surface area contributed by atoms with Crippen LogP contribution >= 0.6 is 0 Å². The normalized spacial score (nSPS) is 24.6. The van der Waals surface area contributed by atoms with Crippen LogP contribution in [0.2, 0.25) is 0 Å². The highest BCUT2D eigenvalue weighted by Crippen LogP contribution is 2.20. The molecule has 0 aromatic heterocycles. The summed E-state index contributed by atoms with van der Waals surface area (Å²) < 4.78 is 46.8. The van der Waals surface area contributed by atoms with Crippen molar-refractivity contribution in [3.05, 3.63) is 24.0 Å². The predicted molar refractivity (Wildman–Crippen MR) is 74.9 cm³/mol. The molecule has 0 bridgehead atoms. The van der Waals surface area contributed by atoms with E-state index in [-0.39, 0.29) is 36.7 Å². The average molecular weight is 303 g/mol. The standard InChI is InChI=1S/C12H18FN3O3S/c1-8-6-16(7-9(2)19-8)20(17,18)15-10-3-4-11(13)12(14)5-10/h3-5,8-9,15H,6-7,14H2,1-2H3. The van der Waals surface area contributed by atoms with Crippen LogP contribution < -0.4 is 10.5 Å². The molecule has 1 aromatic carbocycles. The van der Waals surface area contributed by atoms with Crippen molar-refractivity contribution in [2.75, 3.05) is 23.5 Å². The lowest BCUT2D eigenvalue weighted by Crippen LogP contribution is -2.49. The van der Waals surface area contributed by atoms with E-state index in [4.69, 9.17) is 10.5 Å². The van der Waals surface area contributed by atoms with Crippen LogP contribution in [0.5, 0.6) is 0 Å². The fourth-order valence-corrected chi connectivity index (χ4v) is 3.51. The van der Waals surface area contributed by atoms with E-state index in [1.54, 1.807) is 0 Å². The second kappa shape index (κ2) is 5.55. The quantitative estimate of drug-likeness (QED) is 0.821. The summed E-state index contributed by atoms with van der Waals surface area (Å²) in [6.07, 6.45) is -0.345. The number of hydrogen-bond donors (Lipinski definition) is 2. The highest BCUT2D eigenvalue weighted by atomic mass is 32.2. The first kappa shape index (κ1) is 15.0. The minimum Gasteiger partial charge on any atom is -0.396 e. The van der Waals surface area contributed by atoms with Crippen LogP contribution in [-0.4, -0.2) is 38.0 Å². The van der Waals surface area contributed by atoms with Gasteiger partial charge in [0, 0.05) is 13.1 Å². The Kier molecular flexibility index (Phi) is 4.17. The summed E-state index contributed by atoms with van der Waals surface area (Å²) in [6.45, 7) is 4.18. The molecule has 0 spiro atoms. The largest absolute Gasteiger partial charge is 0.396 e. The molecule has 1 saturated heterocycles. The van der Waals surface area contributed by atoms with Crippen molar-refractivity contribution in [1.82, 2.24) is 4.31 Å². The molecule has 0 radical (unpaired) electrons.